The molecule has 0 amide bonds. The molecule has 0 saturated carbocycles. The van der Waals surface area contributed by atoms with Crippen molar-refractivity contribution in [2.75, 3.05) is 51.8 Å². The van der Waals surface area contributed by atoms with E-state index in [-0.39, 0.29) is 13.2 Å². The average Bonchev–Trinajstić information content (AvgIpc) is 3.33. The van der Waals surface area contributed by atoms with E-state index in [1.807, 2.05) is 18.3 Å². The molecule has 0 spiro atoms. The van der Waals surface area contributed by atoms with Crippen LogP contribution in [-0.2, 0) is 6.54 Å². The third-order valence-corrected chi connectivity index (χ3v) is 7.40. The van der Waals surface area contributed by atoms with Crippen LogP contribution < -0.4 is 15.4 Å². The SMILES string of the molecule is Cc1c(Nc2csc3cc(CNCCO)cnc23)cccc1-c1cccc(OCCCN(C)CCCO)c1. The minimum absolute atomic E-state index is 0.128. The number of hydrogen-bond donors (Lipinski definition) is 4. The second kappa shape index (κ2) is 14.2. The molecule has 0 aliphatic heterocycles. The Balaban J connectivity index is 1.42. The molecule has 0 fully saturated rings. The molecule has 4 aromatic rings. The molecule has 2 aromatic carbocycles. The molecule has 4 N–H and O–H groups in total. The number of anilines is 2. The van der Waals surface area contributed by atoms with E-state index in [4.69, 9.17) is 19.9 Å². The summed E-state index contributed by atoms with van der Waals surface area (Å²) in [5.74, 6) is 0.871. The van der Waals surface area contributed by atoms with Gasteiger partial charge in [-0.05, 0) is 73.3 Å². The monoisotopic (exact) mass is 534 g/mol. The topological polar surface area (TPSA) is 89.9 Å². The second-order valence-corrected chi connectivity index (χ2v) is 10.4. The Hall–Kier alpha value is -3.01. The number of thiophene rings is 1. The summed E-state index contributed by atoms with van der Waals surface area (Å²) in [7, 11) is 2.07. The van der Waals surface area contributed by atoms with Crippen LogP contribution in [-0.4, -0.2) is 66.6 Å². The summed E-state index contributed by atoms with van der Waals surface area (Å²) < 4.78 is 7.19. The number of aromatic nitrogens is 1. The Morgan fingerprint density at radius 1 is 1.00 bits per heavy atom. The van der Waals surface area contributed by atoms with Gasteiger partial charge in [0, 0.05) is 50.1 Å². The quantitative estimate of drug-likeness (QED) is 0.156. The van der Waals surface area contributed by atoms with Crippen LogP contribution in [0.5, 0.6) is 5.75 Å². The first-order valence-electron chi connectivity index (χ1n) is 13.2. The molecular weight excluding hydrogens is 496 g/mol. The van der Waals surface area contributed by atoms with Gasteiger partial charge in [-0.15, -0.1) is 11.3 Å². The lowest BCUT2D eigenvalue weighted by Gasteiger charge is -2.16. The van der Waals surface area contributed by atoms with Crippen molar-refractivity contribution in [2.45, 2.75) is 26.3 Å². The van der Waals surface area contributed by atoms with Crippen molar-refractivity contribution in [1.82, 2.24) is 15.2 Å². The maximum atomic E-state index is 8.97. The van der Waals surface area contributed by atoms with Crippen molar-refractivity contribution >= 4 is 32.9 Å². The molecule has 38 heavy (non-hydrogen) atoms. The van der Waals surface area contributed by atoms with Crippen LogP contribution in [0.1, 0.15) is 24.0 Å². The van der Waals surface area contributed by atoms with Crippen molar-refractivity contribution in [3.63, 3.8) is 0 Å². The highest BCUT2D eigenvalue weighted by Gasteiger charge is 2.11. The number of rotatable bonds is 15. The van der Waals surface area contributed by atoms with Crippen LogP contribution in [0.4, 0.5) is 11.4 Å². The maximum absolute atomic E-state index is 8.97. The Morgan fingerprint density at radius 2 is 1.84 bits per heavy atom. The number of benzene rings is 2. The first kappa shape index (κ1) is 28.0. The van der Waals surface area contributed by atoms with E-state index in [1.54, 1.807) is 11.3 Å². The summed E-state index contributed by atoms with van der Waals surface area (Å²) in [5.41, 5.74) is 7.57. The van der Waals surface area contributed by atoms with E-state index in [0.717, 1.165) is 70.0 Å². The summed E-state index contributed by atoms with van der Waals surface area (Å²) in [6, 6.07) is 16.8. The number of pyridine rings is 1. The van der Waals surface area contributed by atoms with Crippen molar-refractivity contribution in [1.29, 1.82) is 0 Å². The predicted molar refractivity (Wildman–Crippen MR) is 158 cm³/mol. The number of nitrogens with one attached hydrogen (secondary N) is 2. The zero-order valence-corrected chi connectivity index (χ0v) is 23.1. The van der Waals surface area contributed by atoms with Crippen LogP contribution in [0.15, 0.2) is 60.1 Å². The number of ether oxygens (including phenoxy) is 1. The molecule has 8 heteroatoms. The van der Waals surface area contributed by atoms with Crippen LogP contribution in [0, 0.1) is 6.92 Å². The summed E-state index contributed by atoms with van der Waals surface area (Å²) >= 11 is 1.68. The number of nitrogens with zero attached hydrogens (tertiary/aromatic N) is 2. The van der Waals surface area contributed by atoms with Gasteiger partial charge in [-0.1, -0.05) is 24.3 Å². The van der Waals surface area contributed by atoms with Crippen LogP contribution in [0.25, 0.3) is 21.3 Å². The third-order valence-electron chi connectivity index (χ3n) is 6.48. The van der Waals surface area contributed by atoms with Gasteiger partial charge in [-0.2, -0.15) is 0 Å². The van der Waals surface area contributed by atoms with Crippen molar-refractivity contribution < 1.29 is 14.9 Å². The highest BCUT2D eigenvalue weighted by atomic mass is 32.1. The number of aliphatic hydroxyl groups excluding tert-OH is 2. The van der Waals surface area contributed by atoms with Crippen molar-refractivity contribution in [2.24, 2.45) is 0 Å². The van der Waals surface area contributed by atoms with Crippen LogP contribution in [0.2, 0.25) is 0 Å². The zero-order valence-electron chi connectivity index (χ0n) is 22.2. The number of fused-ring (bicyclic) bond motifs is 1. The van der Waals surface area contributed by atoms with Crippen molar-refractivity contribution in [3.8, 4) is 16.9 Å². The van der Waals surface area contributed by atoms with Gasteiger partial charge in [-0.3, -0.25) is 4.98 Å². The number of aliphatic hydroxyl groups is 2. The Bertz CT molecular complexity index is 1310. The highest BCUT2D eigenvalue weighted by Crippen LogP contribution is 2.35. The van der Waals surface area contributed by atoms with Crippen molar-refractivity contribution in [3.05, 3.63) is 71.2 Å². The lowest BCUT2D eigenvalue weighted by atomic mass is 9.99. The summed E-state index contributed by atoms with van der Waals surface area (Å²) in [5, 5.41) is 26.9. The normalized spacial score (nSPS) is 11.4. The molecule has 7 nitrogen and oxygen atoms in total. The predicted octanol–water partition coefficient (Wildman–Crippen LogP) is 5.18. The molecule has 2 aromatic heterocycles. The smallest absolute Gasteiger partial charge is 0.119 e. The molecule has 0 aliphatic rings. The second-order valence-electron chi connectivity index (χ2n) is 9.45. The molecule has 0 saturated heterocycles. The minimum atomic E-state index is 0.128. The fourth-order valence-electron chi connectivity index (χ4n) is 4.41. The fraction of sp³-hybridized carbons (Fsp3) is 0.367. The van der Waals surface area contributed by atoms with Gasteiger partial charge in [0.05, 0.1) is 23.6 Å². The van der Waals surface area contributed by atoms with Gasteiger partial charge in [0.2, 0.25) is 0 Å². The highest BCUT2D eigenvalue weighted by molar-refractivity contribution is 7.17. The first-order valence-corrected chi connectivity index (χ1v) is 14.0. The van der Waals surface area contributed by atoms with Gasteiger partial charge >= 0.3 is 0 Å². The zero-order chi connectivity index (χ0) is 26.7. The third kappa shape index (κ3) is 7.52. The van der Waals surface area contributed by atoms with E-state index in [1.165, 1.54) is 5.56 Å². The summed E-state index contributed by atoms with van der Waals surface area (Å²) in [6.45, 7) is 6.26. The lowest BCUT2D eigenvalue weighted by Crippen LogP contribution is -2.23. The van der Waals surface area contributed by atoms with Gasteiger partial charge in [0.15, 0.2) is 0 Å². The van der Waals surface area contributed by atoms with E-state index in [0.29, 0.717) is 19.7 Å². The Morgan fingerprint density at radius 3 is 2.68 bits per heavy atom. The average molecular weight is 535 g/mol. The molecule has 202 valence electrons. The summed E-state index contributed by atoms with van der Waals surface area (Å²) in [4.78, 5) is 6.94. The molecule has 2 heterocycles. The summed E-state index contributed by atoms with van der Waals surface area (Å²) in [6.07, 6.45) is 3.64. The fourth-order valence-corrected chi connectivity index (χ4v) is 5.32. The molecule has 0 aliphatic carbocycles. The molecule has 4 rings (SSSR count). The number of hydrogen-bond acceptors (Lipinski definition) is 8. The van der Waals surface area contributed by atoms with Gasteiger partial charge < -0.3 is 30.5 Å². The Kier molecular flexibility index (Phi) is 10.5. The van der Waals surface area contributed by atoms with E-state index in [2.05, 4.69) is 71.3 Å². The largest absolute Gasteiger partial charge is 0.494 e. The lowest BCUT2D eigenvalue weighted by molar-refractivity contribution is 0.231. The molecule has 0 atom stereocenters. The molecule has 0 unspecified atom stereocenters. The van der Waals surface area contributed by atoms with Gasteiger partial charge in [-0.25, -0.2) is 0 Å². The minimum Gasteiger partial charge on any atom is -0.494 e. The van der Waals surface area contributed by atoms with Gasteiger partial charge in [0.1, 0.15) is 11.3 Å². The maximum Gasteiger partial charge on any atom is 0.119 e. The van der Waals surface area contributed by atoms with Gasteiger partial charge in [0.25, 0.3) is 0 Å². The first-order chi connectivity index (χ1) is 18.6. The molecule has 0 bridgehead atoms. The molecular formula is C30H38N4O3S. The van der Waals surface area contributed by atoms with Crippen LogP contribution in [0.3, 0.4) is 0 Å². The van der Waals surface area contributed by atoms with E-state index < -0.39 is 0 Å². The van der Waals surface area contributed by atoms with E-state index >= 15 is 0 Å². The Labute approximate surface area is 229 Å². The molecule has 0 radical (unpaired) electrons. The standard InChI is InChI=1S/C30H38N4O3S/c1-22-26(24-7-3-8-25(18-24)37-16-6-13-34(2)12-5-14-35)9-4-10-27(22)33-28-21-38-29-17-23(19-31-11-15-36)20-32-30(28)29/h3-4,7-10,17-18,20-21,31,33,35-36H,5-6,11-16,19H2,1-2H3. The van der Waals surface area contributed by atoms with E-state index in [9.17, 15) is 0 Å². The van der Waals surface area contributed by atoms with Crippen LogP contribution >= 0.6 is 11.3 Å².